The lowest BCUT2D eigenvalue weighted by Gasteiger charge is -2.05. The lowest BCUT2D eigenvalue weighted by atomic mass is 10.1. The number of esters is 1. The Balaban J connectivity index is 1.25. The summed E-state index contributed by atoms with van der Waals surface area (Å²) in [5, 5.41) is 10.2. The molecule has 0 saturated carbocycles. The molecule has 2 aromatic heterocycles. The number of hydrogen-bond acceptors (Lipinski definition) is 6. The third kappa shape index (κ3) is 4.50. The third-order valence-corrected chi connectivity index (χ3v) is 6.77. The second-order valence-electron chi connectivity index (χ2n) is 7.75. The first-order chi connectivity index (χ1) is 16.2. The van der Waals surface area contributed by atoms with Gasteiger partial charge in [-0.2, -0.15) is 5.26 Å². The van der Waals surface area contributed by atoms with Crippen LogP contribution in [0.2, 0.25) is 0 Å². The van der Waals surface area contributed by atoms with Crippen molar-refractivity contribution < 1.29 is 13.9 Å². The topological polar surface area (TPSA) is 75.6 Å². The maximum atomic E-state index is 12.3. The average Bonchev–Trinajstić information content (AvgIpc) is 3.58. The van der Waals surface area contributed by atoms with Crippen molar-refractivity contribution in [2.24, 2.45) is 4.99 Å². The molecule has 0 spiro atoms. The van der Waals surface area contributed by atoms with Crippen LogP contribution in [0.4, 0.5) is 5.00 Å². The first-order valence-electron chi connectivity index (χ1n) is 10.7. The van der Waals surface area contributed by atoms with Crippen LogP contribution in [-0.4, -0.2) is 12.2 Å². The number of hydrogen-bond donors (Lipinski definition) is 0. The van der Waals surface area contributed by atoms with Gasteiger partial charge in [0.2, 0.25) is 0 Å². The van der Waals surface area contributed by atoms with Gasteiger partial charge in [0.15, 0.2) is 0 Å². The predicted molar refractivity (Wildman–Crippen MR) is 128 cm³/mol. The number of aliphatic imine (C=N–C) groups is 1. The highest BCUT2D eigenvalue weighted by atomic mass is 32.1. The zero-order valence-corrected chi connectivity index (χ0v) is 18.6. The van der Waals surface area contributed by atoms with Crippen molar-refractivity contribution >= 4 is 28.5 Å². The van der Waals surface area contributed by atoms with Gasteiger partial charge in [0, 0.05) is 10.4 Å². The molecule has 0 N–H and O–H groups in total. The SMILES string of the molecule is N#Cc1c(N=Cc2ccc(-c3ccc(C(=O)OCc4ccccc4)cc3)o2)sc2c1CCC2. The molecule has 0 bridgehead atoms. The van der Waals surface area contributed by atoms with Crippen LogP contribution in [0, 0.1) is 11.3 Å². The largest absolute Gasteiger partial charge is 0.457 e. The Kier molecular flexibility index (Phi) is 5.88. The summed E-state index contributed by atoms with van der Waals surface area (Å²) in [6.45, 7) is 0.239. The van der Waals surface area contributed by atoms with Crippen LogP contribution >= 0.6 is 11.3 Å². The van der Waals surface area contributed by atoms with Crippen molar-refractivity contribution in [1.82, 2.24) is 0 Å². The van der Waals surface area contributed by atoms with Gasteiger partial charge < -0.3 is 9.15 Å². The summed E-state index contributed by atoms with van der Waals surface area (Å²) in [4.78, 5) is 18.1. The Labute approximate surface area is 195 Å². The summed E-state index contributed by atoms with van der Waals surface area (Å²) in [5.41, 5.74) is 4.14. The summed E-state index contributed by atoms with van der Waals surface area (Å²) < 4.78 is 11.3. The summed E-state index contributed by atoms with van der Waals surface area (Å²) in [5.74, 6) is 0.914. The minimum absolute atomic E-state index is 0.239. The summed E-state index contributed by atoms with van der Waals surface area (Å²) >= 11 is 1.60. The third-order valence-electron chi connectivity index (χ3n) is 5.57. The second kappa shape index (κ2) is 9.27. The maximum absolute atomic E-state index is 12.3. The van der Waals surface area contributed by atoms with E-state index in [1.807, 2.05) is 54.6 Å². The molecule has 0 radical (unpaired) electrons. The standard InChI is InChI=1S/C27H20N2O3S/c28-15-23-22-7-4-8-25(22)33-26(23)29-16-21-13-14-24(32-21)19-9-11-20(12-10-19)27(30)31-17-18-5-2-1-3-6-18/h1-3,5-6,9-14,16H,4,7-8,17H2. The molecule has 162 valence electrons. The molecule has 6 heteroatoms. The van der Waals surface area contributed by atoms with E-state index < -0.39 is 0 Å². The molecule has 0 fully saturated rings. The molecule has 2 aromatic carbocycles. The first kappa shape index (κ1) is 20.9. The fourth-order valence-electron chi connectivity index (χ4n) is 3.87. The number of aryl methyl sites for hydroxylation is 1. The van der Waals surface area contributed by atoms with Crippen LogP contribution in [-0.2, 0) is 24.2 Å². The number of thiophene rings is 1. The maximum Gasteiger partial charge on any atom is 0.338 e. The molecule has 0 aliphatic heterocycles. The minimum Gasteiger partial charge on any atom is -0.457 e. The molecular weight excluding hydrogens is 432 g/mol. The second-order valence-corrected chi connectivity index (χ2v) is 8.83. The lowest BCUT2D eigenvalue weighted by molar-refractivity contribution is 0.0472. The quantitative estimate of drug-likeness (QED) is 0.248. The summed E-state index contributed by atoms with van der Waals surface area (Å²) in [7, 11) is 0. The number of rotatable bonds is 6. The van der Waals surface area contributed by atoms with Crippen molar-refractivity contribution in [2.45, 2.75) is 25.9 Å². The molecule has 1 aliphatic rings. The van der Waals surface area contributed by atoms with Crippen LogP contribution in [0.15, 0.2) is 76.1 Å². The van der Waals surface area contributed by atoms with E-state index in [1.165, 1.54) is 4.88 Å². The number of carbonyl (C=O) groups is 1. The number of nitriles is 1. The number of benzene rings is 2. The van der Waals surface area contributed by atoms with Crippen molar-refractivity contribution in [3.8, 4) is 17.4 Å². The van der Waals surface area contributed by atoms with Crippen molar-refractivity contribution in [1.29, 1.82) is 5.26 Å². The molecule has 0 atom stereocenters. The number of carbonyl (C=O) groups excluding carboxylic acids is 1. The fourth-order valence-corrected chi connectivity index (χ4v) is 5.06. The minimum atomic E-state index is -0.367. The van der Waals surface area contributed by atoms with E-state index in [-0.39, 0.29) is 12.6 Å². The van der Waals surface area contributed by atoms with Gasteiger partial charge >= 0.3 is 5.97 Å². The number of ether oxygens (including phenoxy) is 1. The Morgan fingerprint density at radius 2 is 1.91 bits per heavy atom. The van der Waals surface area contributed by atoms with Crippen LogP contribution in [0.25, 0.3) is 11.3 Å². The van der Waals surface area contributed by atoms with E-state index in [2.05, 4.69) is 11.1 Å². The highest BCUT2D eigenvalue weighted by molar-refractivity contribution is 7.16. The molecule has 0 amide bonds. The molecule has 5 nitrogen and oxygen atoms in total. The zero-order chi connectivity index (χ0) is 22.6. The van der Waals surface area contributed by atoms with Gasteiger partial charge in [-0.3, -0.25) is 0 Å². The van der Waals surface area contributed by atoms with Gasteiger partial charge in [-0.15, -0.1) is 11.3 Å². The lowest BCUT2D eigenvalue weighted by Crippen LogP contribution is -2.04. The van der Waals surface area contributed by atoms with Gasteiger partial charge in [-0.1, -0.05) is 42.5 Å². The van der Waals surface area contributed by atoms with Crippen LogP contribution in [0.3, 0.4) is 0 Å². The van der Waals surface area contributed by atoms with Crippen molar-refractivity contribution in [3.05, 3.63) is 99.6 Å². The van der Waals surface area contributed by atoms with Crippen molar-refractivity contribution in [3.63, 3.8) is 0 Å². The number of furan rings is 1. The molecule has 2 heterocycles. The highest BCUT2D eigenvalue weighted by Gasteiger charge is 2.21. The smallest absolute Gasteiger partial charge is 0.338 e. The molecule has 0 unspecified atom stereocenters. The Bertz CT molecular complexity index is 1360. The van der Waals surface area contributed by atoms with Crippen LogP contribution < -0.4 is 0 Å². The Morgan fingerprint density at radius 3 is 2.70 bits per heavy atom. The van der Waals surface area contributed by atoms with E-state index in [0.29, 0.717) is 22.6 Å². The zero-order valence-electron chi connectivity index (χ0n) is 17.8. The van der Waals surface area contributed by atoms with E-state index in [1.54, 1.807) is 29.7 Å². The van der Waals surface area contributed by atoms with Gasteiger partial charge in [-0.05, 0) is 54.7 Å². The van der Waals surface area contributed by atoms with Crippen LogP contribution in [0.1, 0.15) is 44.1 Å². The van der Waals surface area contributed by atoms with Crippen molar-refractivity contribution in [2.75, 3.05) is 0 Å². The van der Waals surface area contributed by atoms with Crippen LogP contribution in [0.5, 0.6) is 0 Å². The average molecular weight is 453 g/mol. The highest BCUT2D eigenvalue weighted by Crippen LogP contribution is 2.40. The molecule has 1 aliphatic carbocycles. The van der Waals surface area contributed by atoms with E-state index in [4.69, 9.17) is 9.15 Å². The van der Waals surface area contributed by atoms with E-state index in [9.17, 15) is 10.1 Å². The molecule has 33 heavy (non-hydrogen) atoms. The predicted octanol–water partition coefficient (Wildman–Crippen LogP) is 6.48. The monoisotopic (exact) mass is 452 g/mol. The number of nitrogens with zero attached hydrogens (tertiary/aromatic N) is 2. The molecular formula is C27H20N2O3S. The number of fused-ring (bicyclic) bond motifs is 1. The molecule has 5 rings (SSSR count). The van der Waals surface area contributed by atoms with E-state index in [0.717, 1.165) is 41.0 Å². The first-order valence-corrected chi connectivity index (χ1v) is 11.5. The Morgan fingerprint density at radius 1 is 1.09 bits per heavy atom. The van der Waals surface area contributed by atoms with Gasteiger partial charge in [0.1, 0.15) is 29.2 Å². The van der Waals surface area contributed by atoms with Gasteiger partial charge in [0.25, 0.3) is 0 Å². The Hall–Kier alpha value is -3.95. The normalized spacial score (nSPS) is 12.6. The molecule has 0 saturated heterocycles. The molecule has 4 aromatic rings. The van der Waals surface area contributed by atoms with Gasteiger partial charge in [0.05, 0.1) is 17.3 Å². The fraction of sp³-hybridized carbons (Fsp3) is 0.148. The summed E-state index contributed by atoms with van der Waals surface area (Å²) in [6.07, 6.45) is 4.77. The summed E-state index contributed by atoms with van der Waals surface area (Å²) in [6, 6.07) is 22.7. The van der Waals surface area contributed by atoms with Gasteiger partial charge in [-0.25, -0.2) is 9.79 Å². The van der Waals surface area contributed by atoms with E-state index >= 15 is 0 Å².